The minimum atomic E-state index is -4.08. The van der Waals surface area contributed by atoms with Crippen LogP contribution in [0.4, 0.5) is 0 Å². The van der Waals surface area contributed by atoms with Gasteiger partial charge in [-0.25, -0.2) is 0 Å². The van der Waals surface area contributed by atoms with Gasteiger partial charge in [-0.05, 0) is 0 Å². The molecule has 0 fully saturated rings. The van der Waals surface area contributed by atoms with Crippen molar-refractivity contribution in [3.63, 3.8) is 0 Å². The molecule has 0 spiro atoms. The maximum atomic E-state index is 8.58. The molecule has 6 nitrogen and oxygen atoms in total. The van der Waals surface area contributed by atoms with Crippen LogP contribution in [-0.2, 0) is 43.9 Å². The van der Waals surface area contributed by atoms with E-state index in [0.29, 0.717) is 0 Å². The Labute approximate surface area is 98.5 Å². The molecule has 0 unspecified atom stereocenters. The molecular formula is CeO6Ti2. The van der Waals surface area contributed by atoms with E-state index >= 15 is 0 Å². The molecule has 0 saturated carbocycles. The standard InChI is InChI=1S/Ce.6O.2Ti/q+4;;;4*-1;;. The van der Waals surface area contributed by atoms with Gasteiger partial charge in [0.25, 0.3) is 0 Å². The molecule has 0 rings (SSSR count). The molecule has 0 amide bonds. The molecule has 0 atom stereocenters. The first-order valence-corrected chi connectivity index (χ1v) is 5.05. The number of rotatable bonds is 0. The van der Waals surface area contributed by atoms with Crippen LogP contribution in [0.2, 0.25) is 0 Å². The number of hydrogen-bond acceptors (Lipinski definition) is 6. The van der Waals surface area contributed by atoms with Crippen molar-refractivity contribution in [2.24, 2.45) is 0 Å². The van der Waals surface area contributed by atoms with Gasteiger partial charge in [-0.15, -0.1) is 0 Å². The predicted octanol–water partition coefficient (Wildman–Crippen LogP) is -5.00. The van der Waals surface area contributed by atoms with E-state index in [1.54, 1.807) is 0 Å². The Morgan fingerprint density at radius 2 is 0.778 bits per heavy atom. The van der Waals surface area contributed by atoms with Crippen LogP contribution >= 0.6 is 0 Å². The fourth-order valence-corrected chi connectivity index (χ4v) is 0. The van der Waals surface area contributed by atoms with Gasteiger partial charge >= 0.3 is 100 Å². The van der Waals surface area contributed by atoms with E-state index in [9.17, 15) is 0 Å². The zero-order valence-corrected chi connectivity index (χ0v) is 10.2. The Morgan fingerprint density at radius 3 is 0.778 bits per heavy atom. The Balaban J connectivity index is -0.0000000720. The van der Waals surface area contributed by atoms with Crippen LogP contribution in [0.15, 0.2) is 0 Å². The van der Waals surface area contributed by atoms with E-state index in [1.807, 2.05) is 0 Å². The third kappa shape index (κ3) is 138. The monoisotopic (exact) mass is 332 g/mol. The van der Waals surface area contributed by atoms with Crippen molar-refractivity contribution in [1.82, 2.24) is 0 Å². The van der Waals surface area contributed by atoms with E-state index in [1.165, 1.54) is 0 Å². The molecule has 0 bridgehead atoms. The summed E-state index contributed by atoms with van der Waals surface area (Å²) in [6.07, 6.45) is 0. The third-order valence-corrected chi connectivity index (χ3v) is 0. The Kier molecular flexibility index (Phi) is 24.8. The maximum absolute atomic E-state index is 8.58. The van der Waals surface area contributed by atoms with Crippen LogP contribution in [0.1, 0.15) is 0 Å². The summed E-state index contributed by atoms with van der Waals surface area (Å²) >= 11 is -8.17. The summed E-state index contributed by atoms with van der Waals surface area (Å²) in [5, 5.41) is 0. The fraction of sp³-hybridized carbons (Fsp3) is 0. The van der Waals surface area contributed by atoms with Crippen molar-refractivity contribution in [2.45, 2.75) is 0 Å². The predicted molar refractivity (Wildman–Crippen MR) is 1.37 cm³/mol. The van der Waals surface area contributed by atoms with Gasteiger partial charge in [-0.1, -0.05) is 0 Å². The van der Waals surface area contributed by atoms with Gasteiger partial charge in [0, 0.05) is 0 Å². The molecule has 0 aliphatic rings. The van der Waals surface area contributed by atoms with E-state index < -0.39 is 37.2 Å². The molecule has 0 heterocycles. The molecule has 0 aromatic rings. The molecular weight excluding hydrogens is 332 g/mol. The van der Waals surface area contributed by atoms with E-state index in [0.717, 1.165) is 0 Å². The van der Waals surface area contributed by atoms with E-state index in [2.05, 4.69) is 0 Å². The van der Waals surface area contributed by atoms with Crippen molar-refractivity contribution in [3.05, 3.63) is 0 Å². The molecule has 0 N–H and O–H groups in total. The molecule has 0 aliphatic carbocycles. The van der Waals surface area contributed by atoms with E-state index in [4.69, 9.17) is 21.4 Å². The summed E-state index contributed by atoms with van der Waals surface area (Å²) in [4.78, 5) is 0. The molecule has 0 radical (unpaired) electrons. The second-order valence-corrected chi connectivity index (χ2v) is 2.06. The van der Waals surface area contributed by atoms with Gasteiger partial charge in [-0.2, -0.15) is 0 Å². The zero-order chi connectivity index (χ0) is 7.15. The zero-order valence-electron chi connectivity index (χ0n) is 3.95. The van der Waals surface area contributed by atoms with E-state index in [-0.39, 0.29) is 41.7 Å². The number of hydrogen-bond donors (Lipinski definition) is 0. The third-order valence-electron chi connectivity index (χ3n) is 0. The van der Waals surface area contributed by atoms with Crippen molar-refractivity contribution in [3.8, 4) is 0 Å². The second kappa shape index (κ2) is 12.9. The molecule has 0 saturated heterocycles. The van der Waals surface area contributed by atoms with Crippen molar-refractivity contribution in [2.75, 3.05) is 0 Å². The summed E-state index contributed by atoms with van der Waals surface area (Å²) in [5.41, 5.74) is 0. The summed E-state index contributed by atoms with van der Waals surface area (Å²) in [6.45, 7) is 0. The van der Waals surface area contributed by atoms with Gasteiger partial charge in [0.15, 0.2) is 0 Å². The van der Waals surface area contributed by atoms with Crippen LogP contribution in [0.25, 0.3) is 0 Å². The Hall–Kier alpha value is 2.25. The molecule has 48 valence electrons. The molecule has 0 aliphatic heterocycles. The first-order valence-electron chi connectivity index (χ1n) is 1.22. The second-order valence-electron chi connectivity index (χ2n) is 0.500. The van der Waals surface area contributed by atoms with Crippen molar-refractivity contribution >= 4 is 0 Å². The van der Waals surface area contributed by atoms with Crippen LogP contribution < -0.4 is 14.8 Å². The minimum absolute atomic E-state index is 0. The molecule has 0 aromatic heterocycles. The summed E-state index contributed by atoms with van der Waals surface area (Å²) in [6, 6.07) is 0. The van der Waals surface area contributed by atoms with Crippen LogP contribution in [0.3, 0.4) is 0 Å². The van der Waals surface area contributed by atoms with Crippen LogP contribution in [-0.4, -0.2) is 0 Å². The topological polar surface area (TPSA) is 126 Å². The molecule has 9 heavy (non-hydrogen) atoms. The summed E-state index contributed by atoms with van der Waals surface area (Å²) in [5.74, 6) is 0. The first kappa shape index (κ1) is 17.4. The van der Waals surface area contributed by atoms with Gasteiger partial charge < -0.3 is 0 Å². The average molecular weight is 332 g/mol. The Morgan fingerprint density at radius 1 is 0.778 bits per heavy atom. The fourth-order valence-electron chi connectivity index (χ4n) is 0. The molecule has 9 heteroatoms. The van der Waals surface area contributed by atoms with Crippen molar-refractivity contribution in [1.29, 1.82) is 0 Å². The SMILES string of the molecule is [Ce+4].[O]=[Ti]([O-])[O-].[O]=[Ti]([O-])[O-]. The summed E-state index contributed by atoms with van der Waals surface area (Å²) < 4.78 is 51.5. The Bertz CT molecular complexity index is 69.1. The normalized spacial score (nSPS) is 5.78. The van der Waals surface area contributed by atoms with Crippen molar-refractivity contribution < 1.29 is 100 Å². The average Bonchev–Trinajstić information content (AvgIpc) is 1.25. The summed E-state index contributed by atoms with van der Waals surface area (Å²) in [7, 11) is 0. The van der Waals surface area contributed by atoms with Crippen LogP contribution in [0.5, 0.6) is 0 Å². The van der Waals surface area contributed by atoms with Gasteiger partial charge in [0.2, 0.25) is 0 Å². The van der Waals surface area contributed by atoms with Gasteiger partial charge in [0.05, 0.1) is 0 Å². The van der Waals surface area contributed by atoms with Gasteiger partial charge in [0.1, 0.15) is 0 Å². The molecule has 0 aromatic carbocycles. The quantitative estimate of drug-likeness (QED) is 0.409. The first-order chi connectivity index (χ1) is 3.46. The van der Waals surface area contributed by atoms with Gasteiger partial charge in [-0.3, -0.25) is 0 Å². The van der Waals surface area contributed by atoms with Crippen LogP contribution in [0, 0.1) is 41.7 Å².